The molecule has 0 unspecified atom stereocenters. The van der Waals surface area contributed by atoms with Crippen molar-refractivity contribution in [1.29, 1.82) is 0 Å². The second-order valence-electron chi connectivity index (χ2n) is 10.2. The highest BCUT2D eigenvalue weighted by Gasteiger charge is 2.43. The summed E-state index contributed by atoms with van der Waals surface area (Å²) in [5, 5.41) is 0. The number of rotatable bonds is 6. The monoisotopic (exact) mass is 456 g/mol. The summed E-state index contributed by atoms with van der Waals surface area (Å²) in [6.07, 6.45) is 8.50. The van der Waals surface area contributed by atoms with Crippen LogP contribution in [0.2, 0.25) is 0 Å². The van der Waals surface area contributed by atoms with E-state index in [1.165, 1.54) is 0 Å². The number of anilines is 1. The molecule has 5 rings (SSSR count). The molecule has 1 aliphatic heterocycles. The number of carbonyl (C=O) groups is 1. The molecule has 172 valence electrons. The van der Waals surface area contributed by atoms with Gasteiger partial charge in [0.2, 0.25) is 15.9 Å². The van der Waals surface area contributed by atoms with Crippen molar-refractivity contribution in [2.75, 3.05) is 11.4 Å². The van der Waals surface area contributed by atoms with Gasteiger partial charge in [-0.3, -0.25) is 4.79 Å². The fraction of sp³-hybridized carbons (Fsp3) is 0.560. The third kappa shape index (κ3) is 3.90. The molecule has 6 nitrogen and oxygen atoms in total. The summed E-state index contributed by atoms with van der Waals surface area (Å²) >= 11 is 0. The molecule has 3 aliphatic rings. The zero-order valence-electron chi connectivity index (χ0n) is 18.9. The number of sulfonamides is 1. The highest BCUT2D eigenvalue weighted by atomic mass is 32.2. The summed E-state index contributed by atoms with van der Waals surface area (Å²) in [6.45, 7) is 5.01. The van der Waals surface area contributed by atoms with Crippen LogP contribution < -0.4 is 4.90 Å². The third-order valence-electron chi connectivity index (χ3n) is 7.21. The van der Waals surface area contributed by atoms with Gasteiger partial charge in [-0.05, 0) is 61.6 Å². The van der Waals surface area contributed by atoms with Gasteiger partial charge in [-0.1, -0.05) is 33.1 Å². The molecule has 1 amide bonds. The molecule has 2 heterocycles. The molecular formula is C25H32N2O4S. The maximum Gasteiger partial charge on any atom is 0.243 e. The Hall–Kier alpha value is -2.12. The first-order chi connectivity index (χ1) is 15.3. The largest absolute Gasteiger partial charge is 0.468 e. The standard InChI is InChI=1S/C25H32N2O4S/c1-25(2)17-26(24(28)18-10-11-18)23-13-12-21(15-22(23)25)32(29,30)27(16-20-9-6-14-31-20)19-7-4-3-5-8-19/h6,9,12-15,18-19H,3-5,7-8,10-11,16-17H2,1-2H3. The average Bonchev–Trinajstić information content (AvgIpc) is 3.43. The summed E-state index contributed by atoms with van der Waals surface area (Å²) in [5.74, 6) is 0.964. The van der Waals surface area contributed by atoms with Crippen LogP contribution in [-0.2, 0) is 26.8 Å². The van der Waals surface area contributed by atoms with E-state index in [4.69, 9.17) is 4.42 Å². The van der Waals surface area contributed by atoms with Gasteiger partial charge >= 0.3 is 0 Å². The van der Waals surface area contributed by atoms with Gasteiger partial charge in [0.1, 0.15) is 5.76 Å². The molecule has 32 heavy (non-hydrogen) atoms. The molecule has 0 bridgehead atoms. The smallest absolute Gasteiger partial charge is 0.243 e. The topological polar surface area (TPSA) is 70.8 Å². The lowest BCUT2D eigenvalue weighted by Crippen LogP contribution is -2.40. The predicted octanol–water partition coefficient (Wildman–Crippen LogP) is 4.84. The Morgan fingerprint density at radius 2 is 1.88 bits per heavy atom. The van der Waals surface area contributed by atoms with Crippen LogP contribution in [0.25, 0.3) is 0 Å². The minimum absolute atomic E-state index is 0.0203. The number of benzene rings is 1. The lowest BCUT2D eigenvalue weighted by atomic mass is 9.87. The van der Waals surface area contributed by atoms with E-state index in [2.05, 4.69) is 13.8 Å². The highest BCUT2D eigenvalue weighted by molar-refractivity contribution is 7.89. The van der Waals surface area contributed by atoms with E-state index in [9.17, 15) is 13.2 Å². The molecule has 0 spiro atoms. The summed E-state index contributed by atoms with van der Waals surface area (Å²) < 4.78 is 35.0. The zero-order valence-corrected chi connectivity index (χ0v) is 19.7. The van der Waals surface area contributed by atoms with Crippen molar-refractivity contribution in [3.63, 3.8) is 0 Å². The predicted molar refractivity (Wildman–Crippen MR) is 123 cm³/mol. The SMILES string of the molecule is CC1(C)CN(C(=O)C2CC2)c2ccc(S(=O)(=O)N(Cc3ccco3)C3CCCCC3)cc21. The maximum atomic E-state index is 13.9. The van der Waals surface area contributed by atoms with E-state index >= 15 is 0 Å². The number of carbonyl (C=O) groups excluding carboxylic acids is 1. The number of furan rings is 1. The second kappa shape index (κ2) is 8.03. The summed E-state index contributed by atoms with van der Waals surface area (Å²) in [4.78, 5) is 15.0. The Balaban J connectivity index is 1.51. The molecule has 0 radical (unpaired) electrons. The van der Waals surface area contributed by atoms with Crippen molar-refractivity contribution in [2.24, 2.45) is 5.92 Å². The Labute approximate surface area is 190 Å². The van der Waals surface area contributed by atoms with Gasteiger partial charge < -0.3 is 9.32 Å². The molecule has 2 aliphatic carbocycles. The Morgan fingerprint density at radius 1 is 1.12 bits per heavy atom. The molecular weight excluding hydrogens is 424 g/mol. The fourth-order valence-electron chi connectivity index (χ4n) is 5.24. The molecule has 2 saturated carbocycles. The lowest BCUT2D eigenvalue weighted by molar-refractivity contribution is -0.119. The van der Waals surface area contributed by atoms with Crippen LogP contribution in [-0.4, -0.2) is 31.2 Å². The van der Waals surface area contributed by atoms with Crippen LogP contribution in [0.15, 0.2) is 45.9 Å². The first-order valence-corrected chi connectivity index (χ1v) is 13.2. The van der Waals surface area contributed by atoms with Crippen molar-refractivity contribution in [3.8, 4) is 0 Å². The minimum Gasteiger partial charge on any atom is -0.468 e. The number of amides is 1. The average molecular weight is 457 g/mol. The third-order valence-corrected chi connectivity index (χ3v) is 9.11. The van der Waals surface area contributed by atoms with Gasteiger partial charge in [0, 0.05) is 29.6 Å². The van der Waals surface area contributed by atoms with Crippen LogP contribution in [0, 0.1) is 5.92 Å². The van der Waals surface area contributed by atoms with E-state index in [1.807, 2.05) is 23.1 Å². The lowest BCUT2D eigenvalue weighted by Gasteiger charge is -2.33. The molecule has 7 heteroatoms. The Bertz CT molecular complexity index is 1100. The minimum atomic E-state index is -3.72. The van der Waals surface area contributed by atoms with Gasteiger partial charge in [-0.25, -0.2) is 8.42 Å². The number of hydrogen-bond donors (Lipinski definition) is 0. The van der Waals surface area contributed by atoms with Gasteiger partial charge in [-0.2, -0.15) is 4.31 Å². The van der Waals surface area contributed by atoms with Crippen LogP contribution >= 0.6 is 0 Å². The highest BCUT2D eigenvalue weighted by Crippen LogP contribution is 2.45. The number of nitrogens with zero attached hydrogens (tertiary/aromatic N) is 2. The van der Waals surface area contributed by atoms with Crippen LogP contribution in [0.5, 0.6) is 0 Å². The molecule has 0 saturated heterocycles. The van der Waals surface area contributed by atoms with Crippen molar-refractivity contribution in [2.45, 2.75) is 81.7 Å². The van der Waals surface area contributed by atoms with Gasteiger partial charge in [0.15, 0.2) is 0 Å². The molecule has 1 aromatic heterocycles. The van der Waals surface area contributed by atoms with Gasteiger partial charge in [-0.15, -0.1) is 0 Å². The van der Waals surface area contributed by atoms with Gasteiger partial charge in [0.25, 0.3) is 0 Å². The van der Waals surface area contributed by atoms with E-state index in [1.54, 1.807) is 22.7 Å². The van der Waals surface area contributed by atoms with Crippen molar-refractivity contribution in [3.05, 3.63) is 47.9 Å². The summed E-state index contributed by atoms with van der Waals surface area (Å²) in [5.41, 5.74) is 1.51. The van der Waals surface area contributed by atoms with Crippen molar-refractivity contribution in [1.82, 2.24) is 4.31 Å². The first-order valence-electron chi connectivity index (χ1n) is 11.8. The summed E-state index contributed by atoms with van der Waals surface area (Å²) in [7, 11) is -3.72. The van der Waals surface area contributed by atoms with Crippen LogP contribution in [0.1, 0.15) is 70.1 Å². The van der Waals surface area contributed by atoms with E-state index in [0.29, 0.717) is 17.2 Å². The first kappa shape index (κ1) is 21.7. The van der Waals surface area contributed by atoms with E-state index in [0.717, 1.165) is 56.2 Å². The van der Waals surface area contributed by atoms with Crippen LogP contribution in [0.3, 0.4) is 0 Å². The summed E-state index contributed by atoms with van der Waals surface area (Å²) in [6, 6.07) is 8.93. The molecule has 2 aromatic rings. The number of fused-ring (bicyclic) bond motifs is 1. The maximum absolute atomic E-state index is 13.9. The second-order valence-corrected chi connectivity index (χ2v) is 12.1. The quantitative estimate of drug-likeness (QED) is 0.624. The Morgan fingerprint density at radius 3 is 2.53 bits per heavy atom. The Kier molecular flexibility index (Phi) is 5.45. The van der Waals surface area contributed by atoms with E-state index in [-0.39, 0.29) is 29.8 Å². The van der Waals surface area contributed by atoms with E-state index < -0.39 is 10.0 Å². The van der Waals surface area contributed by atoms with Gasteiger partial charge in [0.05, 0.1) is 17.7 Å². The zero-order chi connectivity index (χ0) is 22.5. The molecule has 0 N–H and O–H groups in total. The molecule has 2 fully saturated rings. The van der Waals surface area contributed by atoms with Crippen LogP contribution in [0.4, 0.5) is 5.69 Å². The molecule has 0 atom stereocenters. The number of hydrogen-bond acceptors (Lipinski definition) is 4. The molecule has 1 aromatic carbocycles. The fourth-order valence-corrected chi connectivity index (χ4v) is 6.91. The van der Waals surface area contributed by atoms with Crippen molar-refractivity contribution < 1.29 is 17.6 Å². The normalized spacial score (nSPS) is 21.2. The van der Waals surface area contributed by atoms with Crippen molar-refractivity contribution >= 4 is 21.6 Å².